The van der Waals surface area contributed by atoms with Crippen molar-refractivity contribution >= 4 is 15.7 Å². The van der Waals surface area contributed by atoms with E-state index in [2.05, 4.69) is 10.6 Å². The third kappa shape index (κ3) is 3.12. The number of hydrogen-bond acceptors (Lipinski definition) is 5. The number of carbonyl (C=O) groups excluding carboxylic acids is 1. The number of rotatable bonds is 5. The first-order chi connectivity index (χ1) is 9.01. The molecule has 1 saturated heterocycles. The van der Waals surface area contributed by atoms with Crippen LogP contribution in [0, 0.1) is 0 Å². The second-order valence-electron chi connectivity index (χ2n) is 4.50. The Labute approximate surface area is 112 Å². The molecule has 0 spiro atoms. The molecule has 2 unspecified atom stereocenters. The van der Waals surface area contributed by atoms with Gasteiger partial charge in [0.2, 0.25) is 9.84 Å². The minimum Gasteiger partial charge on any atom is -0.367 e. The van der Waals surface area contributed by atoms with Crippen molar-refractivity contribution in [3.05, 3.63) is 30.3 Å². The molecule has 0 radical (unpaired) electrons. The van der Waals surface area contributed by atoms with E-state index in [9.17, 15) is 13.2 Å². The monoisotopic (exact) mass is 283 g/mol. The Bertz CT molecular complexity index is 539. The van der Waals surface area contributed by atoms with Gasteiger partial charge in [0.25, 0.3) is 5.91 Å². The van der Waals surface area contributed by atoms with Crippen LogP contribution in [0.3, 0.4) is 0 Å². The van der Waals surface area contributed by atoms with Gasteiger partial charge >= 0.3 is 0 Å². The number of sulfone groups is 1. The first-order valence-electron chi connectivity index (χ1n) is 6.07. The second-order valence-corrected chi connectivity index (χ2v) is 6.53. The normalized spacial score (nSPS) is 21.2. The maximum atomic E-state index is 12.4. The zero-order valence-corrected chi connectivity index (χ0v) is 11.2. The van der Waals surface area contributed by atoms with Gasteiger partial charge in [0, 0.05) is 12.6 Å². The summed E-state index contributed by atoms with van der Waals surface area (Å²) in [6, 6.07) is 7.80. The number of amides is 1. The van der Waals surface area contributed by atoms with Gasteiger partial charge in [-0.2, -0.15) is 0 Å². The molecule has 1 amide bonds. The molecule has 4 N–H and O–H groups in total. The van der Waals surface area contributed by atoms with Crippen LogP contribution in [0.15, 0.2) is 35.2 Å². The number of hydrogen-bond donors (Lipinski definition) is 3. The fourth-order valence-electron chi connectivity index (χ4n) is 2.08. The molecule has 1 aromatic rings. The molecule has 2 atom stereocenters. The van der Waals surface area contributed by atoms with E-state index in [1.54, 1.807) is 18.2 Å². The van der Waals surface area contributed by atoms with Gasteiger partial charge < -0.3 is 11.1 Å². The third-order valence-electron chi connectivity index (χ3n) is 3.09. The van der Waals surface area contributed by atoms with Crippen molar-refractivity contribution in [3.8, 4) is 0 Å². The number of benzene rings is 1. The van der Waals surface area contributed by atoms with Crippen molar-refractivity contribution in [1.29, 1.82) is 0 Å². The molecule has 2 rings (SSSR count). The maximum Gasteiger partial charge on any atom is 0.250 e. The Morgan fingerprint density at radius 1 is 1.37 bits per heavy atom. The van der Waals surface area contributed by atoms with Crippen LogP contribution >= 0.6 is 0 Å². The van der Waals surface area contributed by atoms with E-state index in [1.807, 2.05) is 0 Å². The van der Waals surface area contributed by atoms with Crippen molar-refractivity contribution in [1.82, 2.24) is 10.6 Å². The lowest BCUT2D eigenvalue weighted by molar-refractivity contribution is -0.118. The van der Waals surface area contributed by atoms with Crippen LogP contribution in [0.25, 0.3) is 0 Å². The van der Waals surface area contributed by atoms with Gasteiger partial charge in [-0.25, -0.2) is 8.42 Å². The third-order valence-corrected chi connectivity index (χ3v) is 5.01. The van der Waals surface area contributed by atoms with Crippen molar-refractivity contribution in [3.63, 3.8) is 0 Å². The van der Waals surface area contributed by atoms with E-state index in [1.165, 1.54) is 12.1 Å². The average Bonchev–Trinajstić information content (AvgIpc) is 2.89. The van der Waals surface area contributed by atoms with Gasteiger partial charge in [-0.15, -0.1) is 0 Å². The van der Waals surface area contributed by atoms with Crippen molar-refractivity contribution in [2.45, 2.75) is 22.7 Å². The molecule has 1 heterocycles. The van der Waals surface area contributed by atoms with E-state index < -0.39 is 21.1 Å². The molecule has 1 aromatic carbocycles. The zero-order chi connectivity index (χ0) is 13.9. The largest absolute Gasteiger partial charge is 0.367 e. The second kappa shape index (κ2) is 5.68. The van der Waals surface area contributed by atoms with Crippen LogP contribution in [-0.4, -0.2) is 38.8 Å². The Balaban J connectivity index is 2.25. The highest BCUT2D eigenvalue weighted by Gasteiger charge is 2.34. The quantitative estimate of drug-likeness (QED) is 0.658. The van der Waals surface area contributed by atoms with E-state index in [0.717, 1.165) is 13.0 Å². The fraction of sp³-hybridized carbons (Fsp3) is 0.417. The summed E-state index contributed by atoms with van der Waals surface area (Å²) in [7, 11) is -3.80. The highest BCUT2D eigenvalue weighted by molar-refractivity contribution is 7.92. The number of primary amides is 1. The van der Waals surface area contributed by atoms with Gasteiger partial charge in [0.1, 0.15) is 0 Å². The lowest BCUT2D eigenvalue weighted by atomic mass is 10.2. The molecule has 6 nitrogen and oxygen atoms in total. The number of nitrogens with one attached hydrogen (secondary N) is 2. The summed E-state index contributed by atoms with van der Waals surface area (Å²) in [5.41, 5.74) is 5.24. The van der Waals surface area contributed by atoms with E-state index in [4.69, 9.17) is 5.73 Å². The van der Waals surface area contributed by atoms with Crippen molar-refractivity contribution in [2.75, 3.05) is 13.1 Å². The first kappa shape index (κ1) is 14.0. The van der Waals surface area contributed by atoms with E-state index in [-0.39, 0.29) is 10.9 Å². The first-order valence-corrected chi connectivity index (χ1v) is 7.61. The predicted octanol–water partition coefficient (Wildman–Crippen LogP) is -0.777. The maximum absolute atomic E-state index is 12.4. The zero-order valence-electron chi connectivity index (χ0n) is 10.4. The molecule has 104 valence electrons. The van der Waals surface area contributed by atoms with Crippen LogP contribution in [0.2, 0.25) is 0 Å². The molecular weight excluding hydrogens is 266 g/mol. The summed E-state index contributed by atoms with van der Waals surface area (Å²) >= 11 is 0. The van der Waals surface area contributed by atoms with E-state index >= 15 is 0 Å². The van der Waals surface area contributed by atoms with Crippen LogP contribution in [0.4, 0.5) is 0 Å². The average molecular weight is 283 g/mol. The topological polar surface area (TPSA) is 101 Å². The highest BCUT2D eigenvalue weighted by Crippen LogP contribution is 2.15. The molecule has 1 aliphatic heterocycles. The minimum atomic E-state index is -3.80. The molecule has 1 aliphatic rings. The lowest BCUT2D eigenvalue weighted by Crippen LogP contribution is -2.51. The van der Waals surface area contributed by atoms with Gasteiger partial charge in [-0.3, -0.25) is 10.1 Å². The Morgan fingerprint density at radius 3 is 2.58 bits per heavy atom. The minimum absolute atomic E-state index is 0.0593. The molecular formula is C12H17N3O3S. The van der Waals surface area contributed by atoms with Crippen LogP contribution in [0.1, 0.15) is 6.42 Å². The number of nitrogens with two attached hydrogens (primary N) is 1. The van der Waals surface area contributed by atoms with Crippen molar-refractivity contribution < 1.29 is 13.2 Å². The van der Waals surface area contributed by atoms with Gasteiger partial charge in [0.05, 0.1) is 4.90 Å². The molecule has 0 saturated carbocycles. The summed E-state index contributed by atoms with van der Waals surface area (Å²) in [6.45, 7) is 1.43. The summed E-state index contributed by atoms with van der Waals surface area (Å²) in [5, 5.41) is 4.54. The Morgan fingerprint density at radius 2 is 2.05 bits per heavy atom. The van der Waals surface area contributed by atoms with Gasteiger partial charge in [-0.05, 0) is 25.1 Å². The molecule has 1 fully saturated rings. The van der Waals surface area contributed by atoms with Gasteiger partial charge in [-0.1, -0.05) is 18.2 Å². The lowest BCUT2D eigenvalue weighted by Gasteiger charge is -2.20. The van der Waals surface area contributed by atoms with E-state index in [0.29, 0.717) is 6.54 Å². The highest BCUT2D eigenvalue weighted by atomic mass is 32.2. The Hall–Kier alpha value is -1.44. The molecule has 19 heavy (non-hydrogen) atoms. The van der Waals surface area contributed by atoms with Crippen molar-refractivity contribution in [2.24, 2.45) is 5.73 Å². The molecule has 0 bridgehead atoms. The van der Waals surface area contributed by atoms with Crippen LogP contribution < -0.4 is 16.4 Å². The molecule has 0 aromatic heterocycles. The SMILES string of the molecule is NC(=O)C(NC1CCNC1)S(=O)(=O)c1ccccc1. The molecule has 7 heteroatoms. The Kier molecular flexibility index (Phi) is 4.18. The standard InChI is InChI=1S/C12H17N3O3S/c13-11(16)12(15-9-6-7-14-8-9)19(17,18)10-4-2-1-3-5-10/h1-5,9,12,14-15H,6-8H2,(H2,13,16). The molecule has 0 aliphatic carbocycles. The summed E-state index contributed by atoms with van der Waals surface area (Å²) < 4.78 is 24.8. The van der Waals surface area contributed by atoms with Gasteiger partial charge in [0.15, 0.2) is 5.37 Å². The summed E-state index contributed by atoms with van der Waals surface area (Å²) in [5.74, 6) is -0.879. The van der Waals surface area contributed by atoms with Crippen LogP contribution in [0.5, 0.6) is 0 Å². The predicted molar refractivity (Wildman–Crippen MR) is 71.0 cm³/mol. The summed E-state index contributed by atoms with van der Waals surface area (Å²) in [6.07, 6.45) is 0.772. The summed E-state index contributed by atoms with van der Waals surface area (Å²) in [4.78, 5) is 11.6. The fourth-order valence-corrected chi connectivity index (χ4v) is 3.57. The van der Waals surface area contributed by atoms with Crippen LogP contribution in [-0.2, 0) is 14.6 Å². The smallest absolute Gasteiger partial charge is 0.250 e. The number of carbonyl (C=O) groups is 1.